The van der Waals surface area contributed by atoms with Gasteiger partial charge in [-0.2, -0.15) is 0 Å². The number of carbonyl (C=O) groups excluding carboxylic acids is 1. The lowest BCUT2D eigenvalue weighted by Crippen LogP contribution is -2.47. The molecule has 0 radical (unpaired) electrons. The summed E-state index contributed by atoms with van der Waals surface area (Å²) in [6, 6.07) is 3.52. The van der Waals surface area contributed by atoms with Gasteiger partial charge >= 0.3 is 5.97 Å². The molecule has 1 saturated heterocycles. The number of carbonyl (C=O) groups is 1. The van der Waals surface area contributed by atoms with Crippen LogP contribution in [0.2, 0.25) is 0 Å². The largest absolute Gasteiger partial charge is 0.465 e. The predicted octanol–water partition coefficient (Wildman–Crippen LogP) is 0.355. The van der Waals surface area contributed by atoms with Gasteiger partial charge in [0, 0.05) is 25.8 Å². The highest BCUT2D eigenvalue weighted by Gasteiger charge is 2.22. The maximum absolute atomic E-state index is 11.3. The third-order valence-electron chi connectivity index (χ3n) is 3.10. The third-order valence-corrected chi connectivity index (χ3v) is 3.36. The monoisotopic (exact) mass is 295 g/mol. The molecule has 1 atom stereocenters. The quantitative estimate of drug-likeness (QED) is 0.634. The summed E-state index contributed by atoms with van der Waals surface area (Å²) in [4.78, 5) is 18.1. The smallest absolute Gasteiger partial charge is 0.339 e. The molecule has 2 N–H and O–H groups in total. The first kappa shape index (κ1) is 14.8. The molecule has 2 heterocycles. The molecule has 0 amide bonds. The minimum Gasteiger partial charge on any atom is -0.465 e. The lowest BCUT2D eigenvalue weighted by molar-refractivity contribution is 0.00346. The van der Waals surface area contributed by atoms with Crippen LogP contribution < -0.4 is 5.73 Å². The summed E-state index contributed by atoms with van der Waals surface area (Å²) in [6.45, 7) is 2.74. The number of thiocarbonyl (C=S) groups is 1. The van der Waals surface area contributed by atoms with Crippen LogP contribution >= 0.6 is 12.2 Å². The number of aromatic nitrogens is 1. The number of methoxy groups -OCH3 is 1. The standard InChI is InChI=1S/C13H17N3O3S/c1-18-13(17)9-2-3-10(15-6-9)7-16-4-5-19-11(8-16)12(14)20/h2-3,6,11H,4-5,7-8H2,1H3,(H2,14,20). The second kappa shape index (κ2) is 6.74. The van der Waals surface area contributed by atoms with E-state index in [9.17, 15) is 4.79 Å². The van der Waals surface area contributed by atoms with Gasteiger partial charge in [0.15, 0.2) is 0 Å². The van der Waals surface area contributed by atoms with Gasteiger partial charge < -0.3 is 15.2 Å². The van der Waals surface area contributed by atoms with Crippen LogP contribution in [0.5, 0.6) is 0 Å². The molecular weight excluding hydrogens is 278 g/mol. The van der Waals surface area contributed by atoms with Crippen molar-refractivity contribution in [2.75, 3.05) is 26.8 Å². The van der Waals surface area contributed by atoms with Crippen molar-refractivity contribution < 1.29 is 14.3 Å². The lowest BCUT2D eigenvalue weighted by Gasteiger charge is -2.32. The number of ether oxygens (including phenoxy) is 2. The molecule has 0 saturated carbocycles. The SMILES string of the molecule is COC(=O)c1ccc(CN2CCOC(C(N)=S)C2)nc1. The molecule has 2 rings (SSSR count). The van der Waals surface area contributed by atoms with Gasteiger partial charge in [-0.15, -0.1) is 0 Å². The van der Waals surface area contributed by atoms with Crippen molar-refractivity contribution in [2.45, 2.75) is 12.6 Å². The van der Waals surface area contributed by atoms with E-state index in [4.69, 9.17) is 22.7 Å². The minimum atomic E-state index is -0.385. The predicted molar refractivity (Wildman–Crippen MR) is 77.4 cm³/mol. The van der Waals surface area contributed by atoms with Gasteiger partial charge in [0.2, 0.25) is 0 Å². The molecule has 1 aromatic heterocycles. The first-order chi connectivity index (χ1) is 9.60. The number of nitrogens with two attached hydrogens (primary N) is 1. The molecule has 0 spiro atoms. The van der Waals surface area contributed by atoms with E-state index in [0.717, 1.165) is 12.2 Å². The molecule has 0 aliphatic carbocycles. The summed E-state index contributed by atoms with van der Waals surface area (Å²) in [7, 11) is 1.35. The number of rotatable bonds is 4. The highest BCUT2D eigenvalue weighted by Crippen LogP contribution is 2.10. The van der Waals surface area contributed by atoms with Crippen LogP contribution in [-0.2, 0) is 16.0 Å². The summed E-state index contributed by atoms with van der Waals surface area (Å²) < 4.78 is 10.1. The summed E-state index contributed by atoms with van der Waals surface area (Å²) in [6.07, 6.45) is 1.32. The van der Waals surface area contributed by atoms with E-state index in [1.165, 1.54) is 13.3 Å². The van der Waals surface area contributed by atoms with E-state index in [2.05, 4.69) is 14.6 Å². The Kier molecular flexibility index (Phi) is 4.99. The average molecular weight is 295 g/mol. The van der Waals surface area contributed by atoms with Crippen LogP contribution in [0.4, 0.5) is 0 Å². The number of nitrogens with zero attached hydrogens (tertiary/aromatic N) is 2. The van der Waals surface area contributed by atoms with Gasteiger partial charge in [0.05, 0.1) is 25.0 Å². The molecule has 0 bridgehead atoms. The Bertz CT molecular complexity index is 492. The normalized spacial score (nSPS) is 19.6. The lowest BCUT2D eigenvalue weighted by atomic mass is 10.2. The van der Waals surface area contributed by atoms with Crippen LogP contribution in [0.15, 0.2) is 18.3 Å². The Labute approximate surface area is 122 Å². The van der Waals surface area contributed by atoms with Crippen LogP contribution in [-0.4, -0.2) is 53.8 Å². The van der Waals surface area contributed by atoms with Crippen molar-refractivity contribution in [1.29, 1.82) is 0 Å². The van der Waals surface area contributed by atoms with Crippen molar-refractivity contribution in [3.63, 3.8) is 0 Å². The molecule has 0 aromatic carbocycles. The van der Waals surface area contributed by atoms with E-state index >= 15 is 0 Å². The van der Waals surface area contributed by atoms with E-state index < -0.39 is 0 Å². The molecule has 1 unspecified atom stereocenters. The molecule has 1 aromatic rings. The molecule has 1 fully saturated rings. The van der Waals surface area contributed by atoms with Crippen LogP contribution in [0.25, 0.3) is 0 Å². The molecule has 20 heavy (non-hydrogen) atoms. The Hall–Kier alpha value is -1.57. The first-order valence-electron chi connectivity index (χ1n) is 6.26. The molecule has 1 aliphatic rings. The Morgan fingerprint density at radius 2 is 2.45 bits per heavy atom. The summed E-state index contributed by atoms with van der Waals surface area (Å²) >= 11 is 4.95. The fourth-order valence-corrected chi connectivity index (χ4v) is 2.15. The number of morpholine rings is 1. The number of esters is 1. The number of hydrogen-bond donors (Lipinski definition) is 1. The zero-order valence-corrected chi connectivity index (χ0v) is 12.1. The van der Waals surface area contributed by atoms with Gasteiger partial charge in [-0.3, -0.25) is 9.88 Å². The fraction of sp³-hybridized carbons (Fsp3) is 0.462. The Morgan fingerprint density at radius 3 is 3.05 bits per heavy atom. The zero-order valence-electron chi connectivity index (χ0n) is 11.2. The van der Waals surface area contributed by atoms with Crippen molar-refractivity contribution in [3.05, 3.63) is 29.6 Å². The highest BCUT2D eigenvalue weighted by atomic mass is 32.1. The minimum absolute atomic E-state index is 0.201. The third kappa shape index (κ3) is 3.72. The van der Waals surface area contributed by atoms with Gasteiger partial charge in [-0.05, 0) is 12.1 Å². The molecule has 1 aliphatic heterocycles. The average Bonchev–Trinajstić information content (AvgIpc) is 2.47. The highest BCUT2D eigenvalue weighted by molar-refractivity contribution is 7.80. The van der Waals surface area contributed by atoms with Crippen molar-refractivity contribution in [3.8, 4) is 0 Å². The van der Waals surface area contributed by atoms with Gasteiger partial charge in [-0.25, -0.2) is 4.79 Å². The summed E-state index contributed by atoms with van der Waals surface area (Å²) in [5.74, 6) is -0.385. The van der Waals surface area contributed by atoms with Crippen LogP contribution in [0.3, 0.4) is 0 Å². The maximum Gasteiger partial charge on any atom is 0.339 e. The van der Waals surface area contributed by atoms with Crippen LogP contribution in [0, 0.1) is 0 Å². The van der Waals surface area contributed by atoms with Gasteiger partial charge in [0.25, 0.3) is 0 Å². The van der Waals surface area contributed by atoms with Crippen molar-refractivity contribution in [1.82, 2.24) is 9.88 Å². The second-order valence-electron chi connectivity index (χ2n) is 4.53. The fourth-order valence-electron chi connectivity index (χ4n) is 2.00. The maximum atomic E-state index is 11.3. The van der Waals surface area contributed by atoms with Crippen molar-refractivity contribution >= 4 is 23.2 Å². The van der Waals surface area contributed by atoms with E-state index in [1.54, 1.807) is 6.07 Å². The molecule has 6 nitrogen and oxygen atoms in total. The molecular formula is C13H17N3O3S. The Balaban J connectivity index is 1.96. The topological polar surface area (TPSA) is 77.7 Å². The molecule has 7 heteroatoms. The summed E-state index contributed by atoms with van der Waals surface area (Å²) in [5.41, 5.74) is 6.92. The number of hydrogen-bond acceptors (Lipinski definition) is 6. The van der Waals surface area contributed by atoms with Crippen LogP contribution in [0.1, 0.15) is 16.1 Å². The Morgan fingerprint density at radius 1 is 1.65 bits per heavy atom. The second-order valence-corrected chi connectivity index (χ2v) is 5.00. The molecule has 108 valence electrons. The van der Waals surface area contributed by atoms with Gasteiger partial charge in [-0.1, -0.05) is 12.2 Å². The van der Waals surface area contributed by atoms with E-state index in [1.807, 2.05) is 6.07 Å². The zero-order chi connectivity index (χ0) is 14.5. The summed E-state index contributed by atoms with van der Waals surface area (Å²) in [5, 5.41) is 0. The van der Waals surface area contributed by atoms with Gasteiger partial charge in [0.1, 0.15) is 11.1 Å². The van der Waals surface area contributed by atoms with Crippen molar-refractivity contribution in [2.24, 2.45) is 5.73 Å². The number of pyridine rings is 1. The van der Waals surface area contributed by atoms with E-state index in [-0.39, 0.29) is 12.1 Å². The van der Waals surface area contributed by atoms with E-state index in [0.29, 0.717) is 30.2 Å². The first-order valence-corrected chi connectivity index (χ1v) is 6.67.